The lowest BCUT2D eigenvalue weighted by Gasteiger charge is -2.33. The van der Waals surface area contributed by atoms with Crippen molar-refractivity contribution in [1.29, 1.82) is 0 Å². The summed E-state index contributed by atoms with van der Waals surface area (Å²) in [7, 11) is 1.56. The van der Waals surface area contributed by atoms with Crippen LogP contribution in [0.3, 0.4) is 0 Å². The molecule has 0 unspecified atom stereocenters. The third-order valence-electron chi connectivity index (χ3n) is 3.46. The average molecular weight is 299 g/mol. The summed E-state index contributed by atoms with van der Waals surface area (Å²) in [6, 6.07) is -0.291. The molecule has 0 saturated carbocycles. The molecule has 7 nitrogen and oxygen atoms in total. The number of carbonyl (C=O) groups is 3. The predicted molar refractivity (Wildman–Crippen MR) is 77.8 cm³/mol. The molecule has 0 aromatic rings. The fourth-order valence-electron chi connectivity index (χ4n) is 2.25. The molecule has 2 N–H and O–H groups in total. The number of likely N-dealkylation sites (N-methyl/N-ethyl adjacent to an activating group) is 1. The number of rotatable bonds is 5. The van der Waals surface area contributed by atoms with Gasteiger partial charge in [-0.1, -0.05) is 13.8 Å². The molecule has 1 fully saturated rings. The molecule has 1 saturated heterocycles. The lowest BCUT2D eigenvalue weighted by Crippen LogP contribution is -2.50. The van der Waals surface area contributed by atoms with Crippen LogP contribution in [0.2, 0.25) is 0 Å². The molecule has 0 radical (unpaired) electrons. The number of carboxylic acids is 1. The number of carboxylic acid groups (broad SMARTS) is 1. The molecule has 7 heteroatoms. The number of nitrogens with zero attached hydrogens (tertiary/aromatic N) is 2. The smallest absolute Gasteiger partial charge is 0.320 e. The molecule has 3 amide bonds. The van der Waals surface area contributed by atoms with Crippen LogP contribution in [-0.4, -0.2) is 66.0 Å². The van der Waals surface area contributed by atoms with Gasteiger partial charge in [0.2, 0.25) is 5.91 Å². The topological polar surface area (TPSA) is 90.0 Å². The van der Waals surface area contributed by atoms with Gasteiger partial charge in [0.05, 0.1) is 5.92 Å². The first kappa shape index (κ1) is 17.3. The molecule has 120 valence electrons. The Hall–Kier alpha value is -1.79. The SMILES string of the molecule is CC(C)CNC(=O)CN(C)C(=O)N1CCC[C@H](C(=O)O)C1. The summed E-state index contributed by atoms with van der Waals surface area (Å²) in [5.41, 5.74) is 0. The molecular formula is C14H25N3O4. The lowest BCUT2D eigenvalue weighted by atomic mass is 9.99. The number of nitrogens with one attached hydrogen (secondary N) is 1. The van der Waals surface area contributed by atoms with E-state index in [1.807, 2.05) is 13.8 Å². The van der Waals surface area contributed by atoms with Gasteiger partial charge in [0.1, 0.15) is 6.54 Å². The number of urea groups is 1. The molecular weight excluding hydrogens is 274 g/mol. The molecule has 0 spiro atoms. The molecule has 0 aromatic carbocycles. The Balaban J connectivity index is 2.46. The number of hydrogen-bond donors (Lipinski definition) is 2. The van der Waals surface area contributed by atoms with Crippen LogP contribution in [0.25, 0.3) is 0 Å². The highest BCUT2D eigenvalue weighted by Gasteiger charge is 2.29. The fraction of sp³-hybridized carbons (Fsp3) is 0.786. The van der Waals surface area contributed by atoms with Gasteiger partial charge in [-0.15, -0.1) is 0 Å². The predicted octanol–water partition coefficient (Wildman–Crippen LogP) is 0.607. The van der Waals surface area contributed by atoms with E-state index in [-0.39, 0.29) is 25.0 Å². The van der Waals surface area contributed by atoms with Gasteiger partial charge in [-0.3, -0.25) is 9.59 Å². The van der Waals surface area contributed by atoms with Gasteiger partial charge in [0.15, 0.2) is 0 Å². The Bertz CT molecular complexity index is 398. The average Bonchev–Trinajstić information content (AvgIpc) is 2.44. The number of carbonyl (C=O) groups excluding carboxylic acids is 2. The van der Waals surface area contributed by atoms with Crippen molar-refractivity contribution in [3.05, 3.63) is 0 Å². The standard InChI is InChI=1S/C14H25N3O4/c1-10(2)7-15-12(18)9-16(3)14(21)17-6-4-5-11(8-17)13(19)20/h10-11H,4-9H2,1-3H3,(H,15,18)(H,19,20)/t11-/m0/s1. The van der Waals surface area contributed by atoms with E-state index >= 15 is 0 Å². The fourth-order valence-corrected chi connectivity index (χ4v) is 2.25. The van der Waals surface area contributed by atoms with Crippen molar-refractivity contribution in [2.75, 3.05) is 33.2 Å². The molecule has 21 heavy (non-hydrogen) atoms. The van der Waals surface area contributed by atoms with Crippen molar-refractivity contribution < 1.29 is 19.5 Å². The van der Waals surface area contributed by atoms with Gasteiger partial charge < -0.3 is 20.2 Å². The van der Waals surface area contributed by atoms with Crippen molar-refractivity contribution >= 4 is 17.9 Å². The number of aliphatic carboxylic acids is 1. The molecule has 0 aromatic heterocycles. The number of likely N-dealkylation sites (tertiary alicyclic amines) is 1. The monoisotopic (exact) mass is 299 g/mol. The van der Waals surface area contributed by atoms with E-state index in [0.717, 1.165) is 0 Å². The number of hydrogen-bond acceptors (Lipinski definition) is 3. The molecule has 1 rings (SSSR count). The Morgan fingerprint density at radius 1 is 1.38 bits per heavy atom. The Kier molecular flexibility index (Phi) is 6.45. The van der Waals surface area contributed by atoms with Crippen LogP contribution in [0, 0.1) is 11.8 Å². The highest BCUT2D eigenvalue weighted by molar-refractivity contribution is 5.84. The molecule has 1 heterocycles. The van der Waals surface area contributed by atoms with Crippen LogP contribution < -0.4 is 5.32 Å². The van der Waals surface area contributed by atoms with Crippen molar-refractivity contribution in [1.82, 2.24) is 15.1 Å². The Morgan fingerprint density at radius 3 is 2.62 bits per heavy atom. The minimum absolute atomic E-state index is 0.0141. The second kappa shape index (κ2) is 7.85. The van der Waals surface area contributed by atoms with Gasteiger partial charge in [-0.05, 0) is 18.8 Å². The maximum absolute atomic E-state index is 12.2. The maximum atomic E-state index is 12.2. The molecule has 1 atom stereocenters. The highest BCUT2D eigenvalue weighted by Crippen LogP contribution is 2.17. The van der Waals surface area contributed by atoms with Gasteiger partial charge in [-0.2, -0.15) is 0 Å². The zero-order valence-corrected chi connectivity index (χ0v) is 13.0. The van der Waals surface area contributed by atoms with Gasteiger partial charge in [-0.25, -0.2) is 4.79 Å². The van der Waals surface area contributed by atoms with Crippen molar-refractivity contribution in [2.24, 2.45) is 11.8 Å². The van der Waals surface area contributed by atoms with E-state index in [4.69, 9.17) is 5.11 Å². The summed E-state index contributed by atoms with van der Waals surface area (Å²) in [4.78, 5) is 37.8. The Labute approximate surface area is 125 Å². The van der Waals surface area contributed by atoms with Crippen LogP contribution in [0.5, 0.6) is 0 Å². The largest absolute Gasteiger partial charge is 0.481 e. The summed E-state index contributed by atoms with van der Waals surface area (Å²) in [5.74, 6) is -1.23. The second-order valence-corrected chi connectivity index (χ2v) is 5.96. The minimum Gasteiger partial charge on any atom is -0.481 e. The van der Waals surface area contributed by atoms with E-state index in [1.165, 1.54) is 9.80 Å². The van der Waals surface area contributed by atoms with Crippen molar-refractivity contribution in [2.45, 2.75) is 26.7 Å². The van der Waals surface area contributed by atoms with Gasteiger partial charge in [0, 0.05) is 26.7 Å². The third kappa shape index (κ3) is 5.61. The van der Waals surface area contributed by atoms with Gasteiger partial charge in [0.25, 0.3) is 0 Å². The van der Waals surface area contributed by atoms with E-state index in [0.29, 0.717) is 31.8 Å². The second-order valence-electron chi connectivity index (χ2n) is 5.96. The number of piperidine rings is 1. The quantitative estimate of drug-likeness (QED) is 0.778. The highest BCUT2D eigenvalue weighted by atomic mass is 16.4. The summed E-state index contributed by atoms with van der Waals surface area (Å²) < 4.78 is 0. The first-order valence-electron chi connectivity index (χ1n) is 7.30. The molecule has 1 aliphatic rings. The number of amides is 3. The van der Waals surface area contributed by atoms with Crippen LogP contribution in [0.4, 0.5) is 4.79 Å². The maximum Gasteiger partial charge on any atom is 0.320 e. The zero-order valence-electron chi connectivity index (χ0n) is 13.0. The van der Waals surface area contributed by atoms with Crippen molar-refractivity contribution in [3.63, 3.8) is 0 Å². The van der Waals surface area contributed by atoms with E-state index in [2.05, 4.69) is 5.32 Å². The normalized spacial score (nSPS) is 18.5. The van der Waals surface area contributed by atoms with Gasteiger partial charge >= 0.3 is 12.0 Å². The van der Waals surface area contributed by atoms with Crippen LogP contribution in [0.1, 0.15) is 26.7 Å². The Morgan fingerprint density at radius 2 is 2.05 bits per heavy atom. The summed E-state index contributed by atoms with van der Waals surface area (Å²) in [5, 5.41) is 11.8. The van der Waals surface area contributed by atoms with E-state index in [1.54, 1.807) is 7.05 Å². The lowest BCUT2D eigenvalue weighted by molar-refractivity contribution is -0.143. The van der Waals surface area contributed by atoms with E-state index < -0.39 is 11.9 Å². The minimum atomic E-state index is -0.871. The summed E-state index contributed by atoms with van der Waals surface area (Å²) in [6.45, 7) is 5.31. The first-order valence-corrected chi connectivity index (χ1v) is 7.30. The van der Waals surface area contributed by atoms with E-state index in [9.17, 15) is 14.4 Å². The van der Waals surface area contributed by atoms with Crippen molar-refractivity contribution in [3.8, 4) is 0 Å². The molecule has 0 bridgehead atoms. The molecule has 0 aliphatic carbocycles. The first-order chi connectivity index (χ1) is 9.81. The summed E-state index contributed by atoms with van der Waals surface area (Å²) >= 11 is 0. The summed E-state index contributed by atoms with van der Waals surface area (Å²) in [6.07, 6.45) is 1.27. The van der Waals surface area contributed by atoms with Crippen LogP contribution in [0.15, 0.2) is 0 Å². The zero-order chi connectivity index (χ0) is 16.0. The molecule has 1 aliphatic heterocycles. The third-order valence-corrected chi connectivity index (χ3v) is 3.46. The van der Waals surface area contributed by atoms with Crippen LogP contribution in [-0.2, 0) is 9.59 Å². The van der Waals surface area contributed by atoms with Crippen LogP contribution >= 0.6 is 0 Å².